The maximum atomic E-state index is 14.8. The van der Waals surface area contributed by atoms with Gasteiger partial charge in [-0.1, -0.05) is 66.2 Å². The Labute approximate surface area is 827 Å². The highest BCUT2D eigenvalue weighted by Gasteiger charge is 2.47. The molecular weight excluding hydrogens is 2030 g/mol. The predicted molar refractivity (Wildman–Crippen MR) is 497 cm³/mol. The van der Waals surface area contributed by atoms with Gasteiger partial charge in [0.2, 0.25) is 11.6 Å². The highest BCUT2D eigenvalue weighted by atomic mass is 35.5. The van der Waals surface area contributed by atoms with E-state index in [4.69, 9.17) is 32.2 Å². The van der Waals surface area contributed by atoms with E-state index < -0.39 is 174 Å². The van der Waals surface area contributed by atoms with Gasteiger partial charge in [-0.05, 0) is 116 Å². The van der Waals surface area contributed by atoms with Crippen LogP contribution < -0.4 is 41.5 Å². The van der Waals surface area contributed by atoms with E-state index in [0.717, 1.165) is 24.0 Å². The Hall–Kier alpha value is -12.9. The van der Waals surface area contributed by atoms with Crippen LogP contribution in [-0.4, -0.2) is 243 Å². The average molecular weight is 2120 g/mol. The van der Waals surface area contributed by atoms with Gasteiger partial charge in [-0.3, -0.25) is 50.1 Å². The fraction of sp³-hybridized carbons (Fsp3) is 0.360. The number of alkyl halides is 5. The number of aryl methyl sites for hydroxylation is 1. The fourth-order valence-corrected chi connectivity index (χ4v) is 18.5. The second-order valence-corrected chi connectivity index (χ2v) is 39.6. The highest BCUT2D eigenvalue weighted by Crippen LogP contribution is 2.40. The molecule has 15 atom stereocenters. The van der Waals surface area contributed by atoms with Gasteiger partial charge >= 0.3 is 47.6 Å². The quantitative estimate of drug-likeness (QED) is 0.0191. The van der Waals surface area contributed by atoms with E-state index in [2.05, 4.69) is 82.2 Å². The topological polar surface area (TPSA) is 651 Å². The van der Waals surface area contributed by atoms with Gasteiger partial charge < -0.3 is 54.6 Å². The summed E-state index contributed by atoms with van der Waals surface area (Å²) in [4.78, 5) is 97.2. The van der Waals surface area contributed by atoms with Crippen LogP contribution in [0.3, 0.4) is 0 Å². The van der Waals surface area contributed by atoms with Crippen molar-refractivity contribution < 1.29 is 131 Å². The molecule has 0 aliphatic heterocycles. The molecule has 4 aliphatic carbocycles. The number of aliphatic hydroxyl groups excluding tert-OH is 5. The van der Waals surface area contributed by atoms with E-state index in [1.54, 1.807) is 60.7 Å². The molecule has 0 spiro atoms. The zero-order valence-electron chi connectivity index (χ0n) is 76.0. The van der Waals surface area contributed by atoms with Crippen molar-refractivity contribution in [2.24, 2.45) is 63.1 Å². The largest absolute Gasteiger partial charge is 0.573 e. The Morgan fingerprint density at radius 1 is 0.476 bits per heavy atom. The molecule has 12 aromatic rings. The van der Waals surface area contributed by atoms with Crippen LogP contribution in [-0.2, 0) is 104 Å². The zero-order valence-corrected chi connectivity index (χ0v) is 80.0. The molecule has 4 saturated carbocycles. The third-order valence-corrected chi connectivity index (χ3v) is 26.2. The lowest BCUT2D eigenvalue weighted by Gasteiger charge is -2.19. The molecule has 0 bridgehead atoms. The van der Waals surface area contributed by atoms with Crippen molar-refractivity contribution in [3.8, 4) is 5.75 Å². The smallest absolute Gasteiger partial charge is 0.404 e. The lowest BCUT2D eigenvalue weighted by atomic mass is 9.95. The van der Waals surface area contributed by atoms with E-state index in [1.165, 1.54) is 106 Å². The number of anilines is 2. The molecule has 9 aromatic heterocycles. The fourth-order valence-electron chi connectivity index (χ4n) is 16.9. The van der Waals surface area contributed by atoms with Crippen LogP contribution in [0.4, 0.5) is 42.4 Å². The van der Waals surface area contributed by atoms with Gasteiger partial charge in [0.05, 0.1) is 121 Å². The first-order chi connectivity index (χ1) is 68.5. The Balaban J connectivity index is 0.000000162. The van der Waals surface area contributed by atoms with Crippen LogP contribution in [0.1, 0.15) is 130 Å². The molecule has 0 unspecified atom stereocenters. The van der Waals surface area contributed by atoms with Crippen LogP contribution >= 0.6 is 11.6 Å². The first-order valence-electron chi connectivity index (χ1n) is 43.9. The first kappa shape index (κ1) is 109. The van der Waals surface area contributed by atoms with Crippen molar-refractivity contribution in [1.82, 2.24) is 73.1 Å². The molecule has 145 heavy (non-hydrogen) atoms. The van der Waals surface area contributed by atoms with Crippen LogP contribution in [0.15, 0.2) is 201 Å². The summed E-state index contributed by atoms with van der Waals surface area (Å²) in [5.74, 6) is -7.72. The maximum Gasteiger partial charge on any atom is 0.573 e. The number of hydrogen-bond acceptors (Lipinski definition) is 35. The zero-order chi connectivity index (χ0) is 105. The second-order valence-electron chi connectivity index (χ2n) is 34.3. The molecule has 0 saturated heterocycles. The number of nitrogens with zero attached hydrogens (tertiary/aromatic N) is 15. The monoisotopic (exact) mass is 2120 g/mol. The van der Waals surface area contributed by atoms with Gasteiger partial charge in [-0.15, -0.1) is 13.2 Å². The summed E-state index contributed by atoms with van der Waals surface area (Å²) in [6.45, 7) is -0.775. The number of carbonyl (C=O) groups excluding carboxylic acids is 4. The van der Waals surface area contributed by atoms with E-state index in [1.807, 2.05) is 41.1 Å². The molecule has 9 heterocycles. The summed E-state index contributed by atoms with van der Waals surface area (Å²) >= 11 is 5.77. The molecule has 3 aromatic carbocycles. The van der Waals surface area contributed by atoms with Gasteiger partial charge in [-0.25, -0.2) is 78.0 Å². The minimum absolute atomic E-state index is 0.0272. The molecule has 56 heteroatoms. The molecule has 0 amide bonds. The number of hydrogen-bond donors (Lipinski definition) is 11. The summed E-state index contributed by atoms with van der Waals surface area (Å²) in [5, 5.41) is 84.5. The van der Waals surface area contributed by atoms with Crippen molar-refractivity contribution in [2.45, 2.75) is 132 Å². The Morgan fingerprint density at radius 2 is 0.959 bits per heavy atom. The number of nitrogens with two attached hydrogens (primary N) is 4. The molecule has 4 aliphatic rings. The van der Waals surface area contributed by atoms with Crippen molar-refractivity contribution in [3.63, 3.8) is 0 Å². The first-order valence-corrected chi connectivity index (χ1v) is 50.1. The minimum Gasteiger partial charge on any atom is -0.404 e. The minimum atomic E-state index is -4.93. The number of rotatable bonds is 37. The molecular formula is C89H95ClF7N21O23S4. The van der Waals surface area contributed by atoms with Gasteiger partial charge in [0.25, 0.3) is 5.56 Å². The van der Waals surface area contributed by atoms with Crippen molar-refractivity contribution in [2.75, 3.05) is 37.1 Å². The van der Waals surface area contributed by atoms with Crippen molar-refractivity contribution >= 4 is 87.6 Å². The third kappa shape index (κ3) is 30.2. The predicted octanol–water partition coefficient (Wildman–Crippen LogP) is 4.26. The van der Waals surface area contributed by atoms with E-state index >= 15 is 0 Å². The normalized spacial score (nSPS) is 21.6. The molecule has 16 rings (SSSR count). The van der Waals surface area contributed by atoms with Gasteiger partial charge in [0.1, 0.15) is 72.5 Å². The van der Waals surface area contributed by atoms with Crippen LogP contribution in [0, 0.1) is 47.1 Å². The lowest BCUT2D eigenvalue weighted by Crippen LogP contribution is -2.36. The number of ether oxygens (including phenoxy) is 1. The average Bonchev–Trinajstić information content (AvgIpc) is 1.68. The van der Waals surface area contributed by atoms with Gasteiger partial charge in [-0.2, -0.15) is 43.9 Å². The molecule has 774 valence electrons. The number of halogens is 8. The summed E-state index contributed by atoms with van der Waals surface area (Å²) in [6.07, 6.45) is 8.40. The Bertz CT molecular complexity index is 7170. The highest BCUT2D eigenvalue weighted by molar-refractivity contribution is 7.85. The third-order valence-electron chi connectivity index (χ3n) is 24.0. The summed E-state index contributed by atoms with van der Waals surface area (Å²) in [5.41, 5.74) is 4.10. The summed E-state index contributed by atoms with van der Waals surface area (Å²) in [7, 11) is -15.1. The van der Waals surface area contributed by atoms with Gasteiger partial charge in [0.15, 0.2) is 23.2 Å². The van der Waals surface area contributed by atoms with Crippen molar-refractivity contribution in [1.29, 1.82) is 0 Å². The number of ketones is 4. The Kier molecular flexibility index (Phi) is 35.8. The maximum absolute atomic E-state index is 14.8. The molecule has 0 radical (unpaired) electrons. The van der Waals surface area contributed by atoms with Gasteiger partial charge in [0, 0.05) is 128 Å². The number of aromatic nitrogens is 15. The van der Waals surface area contributed by atoms with E-state index in [9.17, 15) is 114 Å². The van der Waals surface area contributed by atoms with Crippen LogP contribution in [0.2, 0.25) is 5.02 Å². The molecule has 4 fully saturated rings. The van der Waals surface area contributed by atoms with Crippen LogP contribution in [0.5, 0.6) is 5.75 Å². The Morgan fingerprint density at radius 3 is 1.54 bits per heavy atom. The number of pyridine rings is 1. The standard InChI is InChI=1S/C23H26FN5O6S.C22H21ClF4N6O6S.C22H23F2N5O5S.C22H25N5O6S/c1-28-5-2-3-15(23(28)32)11-29-6-4-14(10-29)21(30)18-9-26-13-27-19(18)8-16-7-17(22(31)20(16)24)12-35-36(25,33)34;23-14-2-1-11(5-17(14)39-22(25,26)27)8-33-4-3-15(32-33)20(35)13-7-29-10-30-21(13)31-16-6-12(19(34)18(16)24)9-38-40(28,36)37;23-17-3-1-2-14(21(17)24)10-29-5-4-18(28-29)22(31)16-9-26-12-27-19(16)7-13-6-15(20(30)8-13)11-34-35(25,32)33;23-34(31,32)33-12-16-8-18(21(30)20(16)29)26-22-17(9-24-13-25-22)19(28)15-6-7-27(11-15)10-14-4-2-1-3-5-14/h2-6,9-10,13,16-17,20,22,31H,7-8,11-12H2,1H3,(H2,25,33,34);1-5,7,10,12,16,18-19,34H,6,8-9H2,(H2,28,36,37)(H,29,30,31);1-5,9,12-13,15,20,30H,6-8,10-11H2,(H2,25,32,33);1-7,9,11,13,16,18,20-21,29-30H,8,10,12H2,(H2,23,31,32)(H,24,25,26)/t16-,17+,20+,22+;12-,16-,18-,19-;13-,15+,20-;16-,18-,20-,21+/m0101/s1. The number of carbonyl (C=O) groups is 4. The number of nitrogens with one attached hydrogen (secondary N) is 2. The molecule has 15 N–H and O–H groups in total. The summed E-state index contributed by atoms with van der Waals surface area (Å²) < 4.78 is 213. The summed E-state index contributed by atoms with van der Waals surface area (Å²) in [6, 6.07) is 25.3. The van der Waals surface area contributed by atoms with Crippen molar-refractivity contribution in [3.05, 3.63) is 302 Å². The van der Waals surface area contributed by atoms with Crippen LogP contribution in [0.25, 0.3) is 0 Å². The van der Waals surface area contributed by atoms with E-state index in [-0.39, 0.29) is 137 Å². The number of aliphatic hydroxyl groups is 5. The number of benzene rings is 3. The van der Waals surface area contributed by atoms with E-state index in [0.29, 0.717) is 59.4 Å². The SMILES string of the molecule is Cn1cccc(Cn2ccc(C(=O)c3cncnc3C[C@@H]3C[C@H](COS(N)(=O)=O)[C@@H](O)[C@@H]3F)c2)c1=O.NS(=O)(=O)OC[C@H]1C[C@@H](Cc2ncncc2C(=O)c2ccn(Cc3cccc(F)c3F)n2)C[C@@H]1O.NS(=O)(=O)OC[C@H]1C[C@@H](Nc2ncncc2C(=O)c2ccn(Cc3ccc(Cl)c(OC(F)(F)F)c3)n2)[C@@H](F)[C@@H]1O.NS(=O)(=O)OC[C@H]1C[C@@H](Nc2ncncc2C(=O)c2ccn(Cc3ccccc3)c2)[C@H](O)[C@@H]1O. The lowest BCUT2D eigenvalue weighted by molar-refractivity contribution is -0.274. The second kappa shape index (κ2) is 47.5. The molecule has 44 nitrogen and oxygen atoms in total.